The maximum atomic E-state index is 13.1. The molecule has 196 valence electrons. The van der Waals surface area contributed by atoms with Gasteiger partial charge in [0.15, 0.2) is 0 Å². The maximum Gasteiger partial charge on any atom is 0.416 e. The van der Waals surface area contributed by atoms with Crippen LogP contribution in [0, 0.1) is 11.8 Å². The zero-order valence-corrected chi connectivity index (χ0v) is 20.3. The van der Waals surface area contributed by atoms with Crippen LogP contribution in [0.3, 0.4) is 0 Å². The first-order valence-corrected chi connectivity index (χ1v) is 12.4. The minimum Gasteiger partial charge on any atom is -0.493 e. The topological polar surface area (TPSA) is 66.9 Å². The standard InChI is InChI=1S/C26H33F3N4O3/c27-26(28,29)23-2-1-3-24(15-23)36-19-21-14-22(18-33(17-21)16-20-4-6-30-7-5-20)25(34)31-8-9-32-10-12-35-13-11-32/h1-7,15,21-22H,8-14,16-19H2,(H,31,34)/t21-,22+/m0/s1. The number of nitrogens with one attached hydrogen (secondary N) is 1. The third kappa shape index (κ3) is 7.91. The predicted octanol–water partition coefficient (Wildman–Crippen LogP) is 3.07. The highest BCUT2D eigenvalue weighted by Gasteiger charge is 2.33. The van der Waals surface area contributed by atoms with Crippen molar-refractivity contribution in [3.05, 3.63) is 59.9 Å². The van der Waals surface area contributed by atoms with E-state index in [-0.39, 0.29) is 30.1 Å². The number of carbonyl (C=O) groups excluding carboxylic acids is 1. The van der Waals surface area contributed by atoms with Crippen molar-refractivity contribution in [3.63, 3.8) is 0 Å². The highest BCUT2D eigenvalue weighted by molar-refractivity contribution is 5.79. The summed E-state index contributed by atoms with van der Waals surface area (Å²) >= 11 is 0. The molecule has 7 nitrogen and oxygen atoms in total. The number of amides is 1. The Kier molecular flexibility index (Phi) is 9.17. The van der Waals surface area contributed by atoms with Crippen LogP contribution in [0.15, 0.2) is 48.8 Å². The summed E-state index contributed by atoms with van der Waals surface area (Å²) in [6.07, 6.45) is -0.322. The summed E-state index contributed by atoms with van der Waals surface area (Å²) < 4.78 is 50.3. The fraction of sp³-hybridized carbons (Fsp3) is 0.538. The zero-order valence-electron chi connectivity index (χ0n) is 20.3. The van der Waals surface area contributed by atoms with Crippen LogP contribution in [0.25, 0.3) is 0 Å². The lowest BCUT2D eigenvalue weighted by atomic mass is 9.88. The van der Waals surface area contributed by atoms with Gasteiger partial charge in [0.05, 0.1) is 31.3 Å². The van der Waals surface area contributed by atoms with E-state index in [0.717, 1.165) is 37.3 Å². The summed E-state index contributed by atoms with van der Waals surface area (Å²) in [5.41, 5.74) is 0.358. The van der Waals surface area contributed by atoms with Gasteiger partial charge in [-0.1, -0.05) is 6.07 Å². The first-order valence-electron chi connectivity index (χ1n) is 12.4. The smallest absolute Gasteiger partial charge is 0.416 e. The third-order valence-electron chi connectivity index (χ3n) is 6.62. The van der Waals surface area contributed by atoms with E-state index >= 15 is 0 Å². The SMILES string of the molecule is O=C(NCCN1CCOCC1)[C@@H]1C[C@H](COc2cccc(C(F)(F)F)c2)CN(Cc2ccncc2)C1. The summed E-state index contributed by atoms with van der Waals surface area (Å²) in [6, 6.07) is 8.82. The second kappa shape index (κ2) is 12.5. The second-order valence-corrected chi connectivity index (χ2v) is 9.43. The molecule has 4 rings (SSSR count). The van der Waals surface area contributed by atoms with E-state index in [1.165, 1.54) is 12.1 Å². The fourth-order valence-corrected chi connectivity index (χ4v) is 4.77. The van der Waals surface area contributed by atoms with Crippen molar-refractivity contribution in [2.45, 2.75) is 19.1 Å². The van der Waals surface area contributed by atoms with Crippen LogP contribution in [0.1, 0.15) is 17.5 Å². The lowest BCUT2D eigenvalue weighted by molar-refractivity contribution is -0.137. The number of benzene rings is 1. The maximum absolute atomic E-state index is 13.1. The van der Waals surface area contributed by atoms with E-state index in [9.17, 15) is 18.0 Å². The molecule has 1 N–H and O–H groups in total. The quantitative estimate of drug-likeness (QED) is 0.564. The Balaban J connectivity index is 1.36. The Labute approximate surface area is 209 Å². The van der Waals surface area contributed by atoms with Crippen molar-refractivity contribution in [1.82, 2.24) is 20.1 Å². The molecule has 0 bridgehead atoms. The Morgan fingerprint density at radius 3 is 2.64 bits per heavy atom. The molecule has 3 heterocycles. The molecule has 10 heteroatoms. The molecule has 0 unspecified atom stereocenters. The van der Waals surface area contributed by atoms with Gasteiger partial charge in [0.25, 0.3) is 0 Å². The molecule has 1 aromatic heterocycles. The van der Waals surface area contributed by atoms with Crippen LogP contribution in [0.2, 0.25) is 0 Å². The molecule has 2 aliphatic rings. The van der Waals surface area contributed by atoms with Crippen molar-refractivity contribution in [3.8, 4) is 5.75 Å². The van der Waals surface area contributed by atoms with E-state index in [1.54, 1.807) is 12.4 Å². The molecule has 2 aliphatic heterocycles. The van der Waals surface area contributed by atoms with Crippen LogP contribution in [-0.2, 0) is 22.3 Å². The summed E-state index contributed by atoms with van der Waals surface area (Å²) in [7, 11) is 0. The molecule has 2 aromatic rings. The zero-order chi connectivity index (χ0) is 25.4. The first kappa shape index (κ1) is 26.4. The van der Waals surface area contributed by atoms with Crippen LogP contribution >= 0.6 is 0 Å². The molecule has 2 atom stereocenters. The normalized spacial score (nSPS) is 21.8. The minimum atomic E-state index is -4.42. The Bertz CT molecular complexity index is 970. The van der Waals surface area contributed by atoms with Gasteiger partial charge in [-0.05, 0) is 42.3 Å². The summed E-state index contributed by atoms with van der Waals surface area (Å²) in [5.74, 6) is -0.0279. The average molecular weight is 507 g/mol. The van der Waals surface area contributed by atoms with Gasteiger partial charge in [0, 0.05) is 64.1 Å². The first-order chi connectivity index (χ1) is 17.4. The third-order valence-corrected chi connectivity index (χ3v) is 6.62. The number of alkyl halides is 3. The summed E-state index contributed by atoms with van der Waals surface area (Å²) in [5, 5.41) is 3.08. The number of rotatable bonds is 9. The molecular weight excluding hydrogens is 473 g/mol. The minimum absolute atomic E-state index is 0.00474. The monoisotopic (exact) mass is 506 g/mol. The lowest BCUT2D eigenvalue weighted by Gasteiger charge is -2.37. The van der Waals surface area contributed by atoms with E-state index in [2.05, 4.69) is 20.1 Å². The van der Waals surface area contributed by atoms with Crippen molar-refractivity contribution >= 4 is 5.91 Å². The van der Waals surface area contributed by atoms with Gasteiger partial charge >= 0.3 is 6.18 Å². The number of piperidine rings is 1. The number of morpholine rings is 1. The number of hydrogen-bond acceptors (Lipinski definition) is 6. The molecule has 0 aliphatic carbocycles. The van der Waals surface area contributed by atoms with Gasteiger partial charge in [-0.3, -0.25) is 19.6 Å². The molecule has 0 saturated carbocycles. The lowest BCUT2D eigenvalue weighted by Crippen LogP contribution is -2.48. The van der Waals surface area contributed by atoms with Gasteiger partial charge in [0.2, 0.25) is 5.91 Å². The van der Waals surface area contributed by atoms with Gasteiger partial charge in [0.1, 0.15) is 5.75 Å². The van der Waals surface area contributed by atoms with Crippen LogP contribution in [-0.4, -0.2) is 79.8 Å². The van der Waals surface area contributed by atoms with E-state index in [0.29, 0.717) is 45.8 Å². The number of carbonyl (C=O) groups is 1. The molecular formula is C26H33F3N4O3. The fourth-order valence-electron chi connectivity index (χ4n) is 4.77. The van der Waals surface area contributed by atoms with Crippen LogP contribution in [0.4, 0.5) is 13.2 Å². The molecule has 2 saturated heterocycles. The van der Waals surface area contributed by atoms with E-state index in [4.69, 9.17) is 9.47 Å². The van der Waals surface area contributed by atoms with Crippen LogP contribution in [0.5, 0.6) is 5.75 Å². The van der Waals surface area contributed by atoms with Gasteiger partial charge in [-0.2, -0.15) is 13.2 Å². The number of aromatic nitrogens is 1. The number of nitrogens with zero attached hydrogens (tertiary/aromatic N) is 3. The molecule has 1 aromatic carbocycles. The molecule has 0 spiro atoms. The average Bonchev–Trinajstić information content (AvgIpc) is 2.88. The van der Waals surface area contributed by atoms with Gasteiger partial charge in [-0.25, -0.2) is 0 Å². The largest absolute Gasteiger partial charge is 0.493 e. The predicted molar refractivity (Wildman–Crippen MR) is 128 cm³/mol. The number of halogens is 3. The molecule has 36 heavy (non-hydrogen) atoms. The van der Waals surface area contributed by atoms with Crippen molar-refractivity contribution in [2.24, 2.45) is 11.8 Å². The van der Waals surface area contributed by atoms with Crippen molar-refractivity contribution in [1.29, 1.82) is 0 Å². The summed E-state index contributed by atoms with van der Waals surface area (Å²) in [4.78, 5) is 21.6. The number of ether oxygens (including phenoxy) is 2. The van der Waals surface area contributed by atoms with Crippen LogP contribution < -0.4 is 10.1 Å². The highest BCUT2D eigenvalue weighted by Crippen LogP contribution is 2.32. The molecule has 2 fully saturated rings. The highest BCUT2D eigenvalue weighted by atomic mass is 19.4. The Morgan fingerprint density at radius 1 is 1.11 bits per heavy atom. The number of likely N-dealkylation sites (tertiary alicyclic amines) is 1. The number of hydrogen-bond donors (Lipinski definition) is 1. The second-order valence-electron chi connectivity index (χ2n) is 9.43. The van der Waals surface area contributed by atoms with Crippen molar-refractivity contribution in [2.75, 3.05) is 59.1 Å². The Hall–Kier alpha value is -2.69. The van der Waals surface area contributed by atoms with Crippen molar-refractivity contribution < 1.29 is 27.4 Å². The van der Waals surface area contributed by atoms with E-state index in [1.807, 2.05) is 12.1 Å². The van der Waals surface area contributed by atoms with Gasteiger partial charge < -0.3 is 14.8 Å². The summed E-state index contributed by atoms with van der Waals surface area (Å²) in [6.45, 7) is 6.75. The number of pyridine rings is 1. The van der Waals surface area contributed by atoms with E-state index < -0.39 is 11.7 Å². The van der Waals surface area contributed by atoms with Gasteiger partial charge in [-0.15, -0.1) is 0 Å². The molecule has 0 radical (unpaired) electrons. The Morgan fingerprint density at radius 2 is 1.89 bits per heavy atom. The molecule has 1 amide bonds.